The van der Waals surface area contributed by atoms with Crippen LogP contribution in [0.25, 0.3) is 0 Å². The first-order chi connectivity index (χ1) is 2.30. The maximum absolute atomic E-state index is 5.54. The molecule has 0 spiro atoms. The minimum atomic E-state index is 0.523. The van der Waals surface area contributed by atoms with Crippen LogP contribution >= 0.6 is 11.6 Å². The zero-order chi connectivity index (χ0) is 3.86. The second-order valence-corrected chi connectivity index (χ2v) is 2.29. The van der Waals surface area contributed by atoms with Crippen LogP contribution in [0.3, 0.4) is 0 Å². The highest BCUT2D eigenvalue weighted by molar-refractivity contribution is 6.22. The summed E-state index contributed by atoms with van der Waals surface area (Å²) in [5.74, 6) is 0.816. The van der Waals surface area contributed by atoms with Crippen molar-refractivity contribution in [1.82, 2.24) is 0 Å². The number of hydrogen-bond acceptors (Lipinski definition) is 0. The van der Waals surface area contributed by atoms with Crippen molar-refractivity contribution in [2.75, 3.05) is 0 Å². The zero-order valence-corrected chi connectivity index (χ0v) is 4.00. The highest BCUT2D eigenvalue weighted by atomic mass is 35.5. The normalized spacial score (nSPS) is 49.2. The van der Waals surface area contributed by atoms with E-state index in [1.807, 2.05) is 0 Å². The molecule has 0 N–H and O–H groups in total. The molecule has 0 aromatic rings. The Morgan fingerprint density at radius 3 is 2.00 bits per heavy atom. The predicted molar refractivity (Wildman–Crippen MR) is 23.4 cm³/mol. The lowest BCUT2D eigenvalue weighted by Gasteiger charge is -1.64. The molecule has 1 aliphatic rings. The molecule has 0 aromatic carbocycles. The fourth-order valence-electron chi connectivity index (χ4n) is 0.277. The third-order valence-electron chi connectivity index (χ3n) is 1.01. The molecular weight excluding hydrogens is 83.5 g/mol. The molecule has 5 heavy (non-hydrogen) atoms. The lowest BCUT2D eigenvalue weighted by molar-refractivity contribution is 0.985. The molecule has 30 valence electrons. The third kappa shape index (κ3) is 0.569. The van der Waals surface area contributed by atoms with Crippen LogP contribution in [-0.2, 0) is 0 Å². The fraction of sp³-hybridized carbons (Fsp3) is 1.00. The van der Waals surface area contributed by atoms with E-state index in [2.05, 4.69) is 6.92 Å². The van der Waals surface area contributed by atoms with Gasteiger partial charge >= 0.3 is 0 Å². The number of rotatable bonds is 0. The molecular formula is C4H7Cl. The number of alkyl halides is 1. The van der Waals surface area contributed by atoms with E-state index in [4.69, 9.17) is 11.6 Å². The SMILES string of the molecule is CC1CC1Cl. The van der Waals surface area contributed by atoms with E-state index in [0.29, 0.717) is 5.38 Å². The first kappa shape index (κ1) is 3.48. The average molecular weight is 90.6 g/mol. The molecule has 0 radical (unpaired) electrons. The molecule has 1 heteroatoms. The Balaban J connectivity index is 2.20. The topological polar surface area (TPSA) is 0 Å². The predicted octanol–water partition coefficient (Wildman–Crippen LogP) is 1.63. The fourth-order valence-corrected chi connectivity index (χ4v) is 0.558. The van der Waals surface area contributed by atoms with Crippen molar-refractivity contribution in [2.24, 2.45) is 5.92 Å². The van der Waals surface area contributed by atoms with Crippen LogP contribution in [0.5, 0.6) is 0 Å². The van der Waals surface area contributed by atoms with Gasteiger partial charge in [0.2, 0.25) is 0 Å². The van der Waals surface area contributed by atoms with E-state index < -0.39 is 0 Å². The molecule has 0 heterocycles. The van der Waals surface area contributed by atoms with Gasteiger partial charge in [-0.25, -0.2) is 0 Å². The van der Waals surface area contributed by atoms with Gasteiger partial charge in [-0.2, -0.15) is 0 Å². The molecule has 0 saturated heterocycles. The van der Waals surface area contributed by atoms with E-state index in [1.165, 1.54) is 6.42 Å². The van der Waals surface area contributed by atoms with Crippen LogP contribution in [0, 0.1) is 5.92 Å². The number of halogens is 1. The van der Waals surface area contributed by atoms with E-state index in [9.17, 15) is 0 Å². The molecule has 2 atom stereocenters. The summed E-state index contributed by atoms with van der Waals surface area (Å²) in [6, 6.07) is 0. The van der Waals surface area contributed by atoms with Crippen molar-refractivity contribution in [3.8, 4) is 0 Å². The third-order valence-corrected chi connectivity index (χ3v) is 1.62. The summed E-state index contributed by atoms with van der Waals surface area (Å²) in [5.41, 5.74) is 0. The van der Waals surface area contributed by atoms with Gasteiger partial charge in [0.25, 0.3) is 0 Å². The lowest BCUT2D eigenvalue weighted by Crippen LogP contribution is -1.61. The summed E-state index contributed by atoms with van der Waals surface area (Å²) >= 11 is 5.54. The monoisotopic (exact) mass is 90.0 g/mol. The van der Waals surface area contributed by atoms with Crippen LogP contribution in [0.1, 0.15) is 13.3 Å². The van der Waals surface area contributed by atoms with Gasteiger partial charge in [-0.1, -0.05) is 6.92 Å². The maximum Gasteiger partial charge on any atom is 0.0365 e. The van der Waals surface area contributed by atoms with Crippen molar-refractivity contribution in [2.45, 2.75) is 18.7 Å². The van der Waals surface area contributed by atoms with Crippen LogP contribution in [0.4, 0.5) is 0 Å². The Morgan fingerprint density at radius 1 is 1.80 bits per heavy atom. The summed E-state index contributed by atoms with van der Waals surface area (Å²) in [6.07, 6.45) is 1.24. The van der Waals surface area contributed by atoms with Gasteiger partial charge in [-0.3, -0.25) is 0 Å². The first-order valence-electron chi connectivity index (χ1n) is 1.95. The van der Waals surface area contributed by atoms with Crippen LogP contribution in [0.2, 0.25) is 0 Å². The van der Waals surface area contributed by atoms with Crippen LogP contribution < -0.4 is 0 Å². The van der Waals surface area contributed by atoms with Gasteiger partial charge in [-0.05, 0) is 12.3 Å². The minimum Gasteiger partial charge on any atom is -0.123 e. The molecule has 0 aliphatic heterocycles. The Bertz CT molecular complexity index is 36.9. The van der Waals surface area contributed by atoms with Gasteiger partial charge in [0.15, 0.2) is 0 Å². The summed E-state index contributed by atoms with van der Waals surface area (Å²) in [5, 5.41) is 0.523. The van der Waals surface area contributed by atoms with Crippen molar-refractivity contribution >= 4 is 11.6 Å². The molecule has 1 aliphatic carbocycles. The Kier molecular flexibility index (Phi) is 0.608. The van der Waals surface area contributed by atoms with Gasteiger partial charge < -0.3 is 0 Å². The lowest BCUT2D eigenvalue weighted by atomic mass is 10.5. The summed E-state index contributed by atoms with van der Waals surface area (Å²) in [6.45, 7) is 2.16. The molecule has 0 nitrogen and oxygen atoms in total. The second-order valence-electron chi connectivity index (χ2n) is 1.73. The minimum absolute atomic E-state index is 0.523. The maximum atomic E-state index is 5.54. The van der Waals surface area contributed by atoms with E-state index in [0.717, 1.165) is 5.92 Å². The zero-order valence-electron chi connectivity index (χ0n) is 3.24. The highest BCUT2D eigenvalue weighted by Gasteiger charge is 2.29. The molecule has 1 rings (SSSR count). The average Bonchev–Trinajstić information content (AvgIpc) is 1.79. The highest BCUT2D eigenvalue weighted by Crippen LogP contribution is 2.34. The standard InChI is InChI=1S/C4H7Cl/c1-3-2-4(3)5/h3-4H,2H2,1H3. The van der Waals surface area contributed by atoms with Crippen molar-refractivity contribution in [3.05, 3.63) is 0 Å². The van der Waals surface area contributed by atoms with E-state index in [1.54, 1.807) is 0 Å². The quantitative estimate of drug-likeness (QED) is 0.397. The molecule has 0 amide bonds. The van der Waals surface area contributed by atoms with Gasteiger partial charge in [0, 0.05) is 5.38 Å². The van der Waals surface area contributed by atoms with Gasteiger partial charge in [0.1, 0.15) is 0 Å². The van der Waals surface area contributed by atoms with Crippen LogP contribution in [0.15, 0.2) is 0 Å². The Hall–Kier alpha value is 0.290. The Labute approximate surface area is 37.1 Å². The molecule has 0 aromatic heterocycles. The summed E-state index contributed by atoms with van der Waals surface area (Å²) < 4.78 is 0. The summed E-state index contributed by atoms with van der Waals surface area (Å²) in [7, 11) is 0. The van der Waals surface area contributed by atoms with Crippen molar-refractivity contribution in [3.63, 3.8) is 0 Å². The van der Waals surface area contributed by atoms with E-state index >= 15 is 0 Å². The molecule has 1 saturated carbocycles. The van der Waals surface area contributed by atoms with Gasteiger partial charge in [-0.15, -0.1) is 11.6 Å². The Morgan fingerprint density at radius 2 is 2.00 bits per heavy atom. The molecule has 1 fully saturated rings. The number of hydrogen-bond donors (Lipinski definition) is 0. The summed E-state index contributed by atoms with van der Waals surface area (Å²) in [4.78, 5) is 0. The molecule has 2 unspecified atom stereocenters. The van der Waals surface area contributed by atoms with E-state index in [-0.39, 0.29) is 0 Å². The van der Waals surface area contributed by atoms with Crippen molar-refractivity contribution in [1.29, 1.82) is 0 Å². The van der Waals surface area contributed by atoms with Gasteiger partial charge in [0.05, 0.1) is 0 Å². The molecule has 0 bridgehead atoms. The van der Waals surface area contributed by atoms with Crippen LogP contribution in [-0.4, -0.2) is 5.38 Å². The van der Waals surface area contributed by atoms with Crippen molar-refractivity contribution < 1.29 is 0 Å². The largest absolute Gasteiger partial charge is 0.123 e. The first-order valence-corrected chi connectivity index (χ1v) is 2.38. The second kappa shape index (κ2) is 0.874. The smallest absolute Gasteiger partial charge is 0.0365 e.